The second kappa shape index (κ2) is 10.4. The number of nitrogen functional groups attached to an aromatic ring is 1. The van der Waals surface area contributed by atoms with Gasteiger partial charge >= 0.3 is 0 Å². The molecule has 8 heteroatoms. The van der Waals surface area contributed by atoms with E-state index in [2.05, 4.69) is 55.6 Å². The van der Waals surface area contributed by atoms with Crippen molar-refractivity contribution in [1.82, 2.24) is 24.9 Å². The molecule has 0 bridgehead atoms. The lowest BCUT2D eigenvalue weighted by molar-refractivity contribution is 0.310. The topological polar surface area (TPSA) is 115 Å². The molecule has 0 unspecified atom stereocenters. The lowest BCUT2D eigenvalue weighted by Crippen LogP contribution is -2.03. The van der Waals surface area contributed by atoms with Gasteiger partial charge < -0.3 is 20.8 Å². The van der Waals surface area contributed by atoms with Gasteiger partial charge in [-0.1, -0.05) is 60.7 Å². The minimum absolute atomic E-state index is 0.212. The van der Waals surface area contributed by atoms with Crippen LogP contribution in [0.2, 0.25) is 0 Å². The van der Waals surface area contributed by atoms with Crippen molar-refractivity contribution in [3.63, 3.8) is 0 Å². The molecule has 0 aliphatic heterocycles. The molecule has 2 aromatic carbocycles. The number of fused-ring (bicyclic) bond motifs is 1. The van der Waals surface area contributed by atoms with Crippen molar-refractivity contribution >= 4 is 22.8 Å². The van der Waals surface area contributed by atoms with Crippen LogP contribution in [0.25, 0.3) is 33.4 Å². The van der Waals surface area contributed by atoms with E-state index in [1.165, 1.54) is 0 Å². The first-order valence-electron chi connectivity index (χ1n) is 12.2. The molecule has 0 fully saturated rings. The third kappa shape index (κ3) is 5.01. The Kier molecular flexibility index (Phi) is 6.34. The second-order valence-corrected chi connectivity index (χ2v) is 8.80. The Bertz CT molecular complexity index is 1670. The second-order valence-electron chi connectivity index (χ2n) is 8.80. The summed E-state index contributed by atoms with van der Waals surface area (Å²) in [5, 5.41) is 4.28. The number of aromatic amines is 1. The van der Waals surface area contributed by atoms with E-state index >= 15 is 0 Å². The minimum atomic E-state index is 0.212. The summed E-state index contributed by atoms with van der Waals surface area (Å²) in [5.41, 5.74) is 12.5. The summed E-state index contributed by atoms with van der Waals surface area (Å²) in [4.78, 5) is 20.7. The number of nitrogens with zero attached hydrogens (tertiary/aromatic N) is 4. The summed E-state index contributed by atoms with van der Waals surface area (Å²) >= 11 is 0. The van der Waals surface area contributed by atoms with Gasteiger partial charge in [-0.2, -0.15) is 0 Å². The van der Waals surface area contributed by atoms with Gasteiger partial charge in [-0.25, -0.2) is 15.0 Å². The number of nitrogens with one attached hydrogen (secondary N) is 2. The van der Waals surface area contributed by atoms with E-state index in [1.54, 1.807) is 12.4 Å². The highest BCUT2D eigenvalue weighted by molar-refractivity contribution is 5.98. The minimum Gasteiger partial charge on any atom is -0.488 e. The highest BCUT2D eigenvalue weighted by atomic mass is 16.5. The summed E-state index contributed by atoms with van der Waals surface area (Å²) in [6.45, 7) is 1.03. The molecule has 38 heavy (non-hydrogen) atoms. The van der Waals surface area contributed by atoms with Gasteiger partial charge in [0, 0.05) is 43.0 Å². The van der Waals surface area contributed by atoms with Gasteiger partial charge in [0.2, 0.25) is 5.95 Å². The van der Waals surface area contributed by atoms with E-state index in [9.17, 15) is 0 Å². The normalized spacial score (nSPS) is 10.9. The zero-order chi connectivity index (χ0) is 25.7. The third-order valence-corrected chi connectivity index (χ3v) is 6.22. The molecule has 6 aromatic rings. The molecule has 0 saturated heterocycles. The summed E-state index contributed by atoms with van der Waals surface area (Å²) in [6.07, 6.45) is 7.16. The summed E-state index contributed by atoms with van der Waals surface area (Å²) in [7, 11) is 0. The summed E-state index contributed by atoms with van der Waals surface area (Å²) < 4.78 is 6.33. The largest absolute Gasteiger partial charge is 0.488 e. The van der Waals surface area contributed by atoms with Gasteiger partial charge in [0.05, 0.1) is 11.1 Å². The van der Waals surface area contributed by atoms with Crippen molar-refractivity contribution < 1.29 is 4.74 Å². The number of benzene rings is 2. The number of ether oxygens (including phenoxy) is 1. The number of aromatic nitrogens is 5. The Morgan fingerprint density at radius 1 is 0.842 bits per heavy atom. The number of pyridine rings is 2. The predicted octanol–water partition coefficient (Wildman–Crippen LogP) is 5.86. The van der Waals surface area contributed by atoms with Crippen molar-refractivity contribution in [2.75, 3.05) is 11.1 Å². The van der Waals surface area contributed by atoms with Crippen LogP contribution in [0.15, 0.2) is 104 Å². The van der Waals surface area contributed by atoms with Gasteiger partial charge in [-0.3, -0.25) is 4.98 Å². The van der Waals surface area contributed by atoms with Crippen LogP contribution in [0.4, 0.5) is 11.8 Å². The van der Waals surface area contributed by atoms with Crippen molar-refractivity contribution in [3.05, 3.63) is 115 Å². The molecular formula is C30H25N7O. The number of nitrogens with two attached hydrogens (primary N) is 1. The molecule has 0 aliphatic rings. The van der Waals surface area contributed by atoms with E-state index in [4.69, 9.17) is 15.5 Å². The molecule has 186 valence electrons. The lowest BCUT2D eigenvalue weighted by atomic mass is 10.1. The first kappa shape index (κ1) is 23.2. The first-order chi connectivity index (χ1) is 18.7. The maximum Gasteiger partial charge on any atom is 0.220 e. The number of anilines is 2. The monoisotopic (exact) mass is 499 g/mol. The quantitative estimate of drug-likeness (QED) is 0.240. The fourth-order valence-corrected chi connectivity index (χ4v) is 4.31. The van der Waals surface area contributed by atoms with Crippen LogP contribution in [0.3, 0.4) is 0 Å². The fourth-order valence-electron chi connectivity index (χ4n) is 4.31. The van der Waals surface area contributed by atoms with Crippen LogP contribution in [-0.4, -0.2) is 24.9 Å². The Balaban J connectivity index is 1.29. The van der Waals surface area contributed by atoms with Crippen molar-refractivity contribution in [2.45, 2.75) is 13.2 Å². The zero-order valence-corrected chi connectivity index (χ0v) is 20.5. The van der Waals surface area contributed by atoms with Crippen LogP contribution in [0.1, 0.15) is 11.1 Å². The average molecular weight is 500 g/mol. The molecule has 4 heterocycles. The fraction of sp³-hybridized carbons (Fsp3) is 0.0667. The maximum absolute atomic E-state index is 6.33. The number of rotatable bonds is 8. The lowest BCUT2D eigenvalue weighted by Gasteiger charge is -2.13. The molecule has 6 rings (SSSR count). The van der Waals surface area contributed by atoms with Gasteiger partial charge in [-0.05, 0) is 34.4 Å². The molecule has 0 amide bonds. The Morgan fingerprint density at radius 3 is 2.50 bits per heavy atom. The van der Waals surface area contributed by atoms with E-state index in [0.29, 0.717) is 36.1 Å². The van der Waals surface area contributed by atoms with Crippen LogP contribution in [0, 0.1) is 0 Å². The van der Waals surface area contributed by atoms with Crippen molar-refractivity contribution in [1.29, 1.82) is 0 Å². The van der Waals surface area contributed by atoms with Crippen LogP contribution < -0.4 is 15.8 Å². The number of hydrogen-bond donors (Lipinski definition) is 3. The van der Waals surface area contributed by atoms with E-state index in [0.717, 1.165) is 33.2 Å². The standard InChI is InChI=1S/C30H25N7O/c31-30-33-14-12-25(36-30)24-18-35-29-28(24)26(38-19-21-5-2-1-3-6-21)15-27(37-29)34-16-20-8-10-22(11-9-20)23-7-4-13-32-17-23/h1-15,17-18H,16,19H2,(H2,31,33,36)(H2,34,35,37). The van der Waals surface area contributed by atoms with Crippen molar-refractivity contribution in [3.8, 4) is 28.1 Å². The summed E-state index contributed by atoms with van der Waals surface area (Å²) in [6, 6.07) is 26.2. The average Bonchev–Trinajstić information content (AvgIpc) is 3.40. The molecule has 0 atom stereocenters. The van der Waals surface area contributed by atoms with Gasteiger partial charge in [0.25, 0.3) is 0 Å². The van der Waals surface area contributed by atoms with Crippen LogP contribution in [-0.2, 0) is 13.2 Å². The van der Waals surface area contributed by atoms with Crippen molar-refractivity contribution in [2.24, 2.45) is 0 Å². The van der Waals surface area contributed by atoms with E-state index in [-0.39, 0.29) is 5.95 Å². The zero-order valence-electron chi connectivity index (χ0n) is 20.5. The van der Waals surface area contributed by atoms with Crippen LogP contribution >= 0.6 is 0 Å². The molecular weight excluding hydrogens is 474 g/mol. The van der Waals surface area contributed by atoms with Gasteiger partial charge in [-0.15, -0.1) is 0 Å². The summed E-state index contributed by atoms with van der Waals surface area (Å²) in [5.74, 6) is 1.61. The van der Waals surface area contributed by atoms with E-state index in [1.807, 2.05) is 60.9 Å². The SMILES string of the molecule is Nc1nccc(-c2c[nH]c3nc(NCc4ccc(-c5cccnc5)cc4)cc(OCc4ccccc4)c23)n1. The highest BCUT2D eigenvalue weighted by Crippen LogP contribution is 2.36. The third-order valence-electron chi connectivity index (χ3n) is 6.22. The van der Waals surface area contributed by atoms with Gasteiger partial charge in [0.1, 0.15) is 23.8 Å². The Hall–Kier alpha value is -5.24. The smallest absolute Gasteiger partial charge is 0.220 e. The molecule has 0 aliphatic carbocycles. The van der Waals surface area contributed by atoms with Gasteiger partial charge in [0.15, 0.2) is 0 Å². The molecule has 0 spiro atoms. The van der Waals surface area contributed by atoms with E-state index < -0.39 is 0 Å². The number of hydrogen-bond acceptors (Lipinski definition) is 7. The predicted molar refractivity (Wildman–Crippen MR) is 149 cm³/mol. The van der Waals surface area contributed by atoms with Crippen LogP contribution in [0.5, 0.6) is 5.75 Å². The molecule has 4 aromatic heterocycles. The Morgan fingerprint density at radius 2 is 1.71 bits per heavy atom. The molecule has 8 nitrogen and oxygen atoms in total. The molecule has 0 saturated carbocycles. The molecule has 4 N–H and O–H groups in total. The maximum atomic E-state index is 6.33. The first-order valence-corrected chi connectivity index (χ1v) is 12.2. The highest BCUT2D eigenvalue weighted by Gasteiger charge is 2.16. The Labute approximate surface area is 219 Å². The number of H-pyrrole nitrogens is 1. The molecule has 0 radical (unpaired) electrons.